The lowest BCUT2D eigenvalue weighted by molar-refractivity contribution is -0.137. The van der Waals surface area contributed by atoms with Gasteiger partial charge in [0.1, 0.15) is 0 Å². The Bertz CT molecular complexity index is 1030. The van der Waals surface area contributed by atoms with Gasteiger partial charge in [0.05, 0.1) is 27.8 Å². The highest BCUT2D eigenvalue weighted by Gasteiger charge is 2.38. The van der Waals surface area contributed by atoms with Crippen LogP contribution in [0.4, 0.5) is 18.9 Å². The van der Waals surface area contributed by atoms with Crippen molar-refractivity contribution < 1.29 is 31.5 Å². The first-order valence-electron chi connectivity index (χ1n) is 7.80. The molecule has 2 aromatic carbocycles. The molecule has 0 aliphatic rings. The number of aliphatic hydroxyl groups is 1. The molecule has 28 heavy (non-hydrogen) atoms. The zero-order valence-corrected chi connectivity index (χ0v) is 15.3. The number of carbonyl (C=O) groups excluding carboxylic acids is 1. The normalized spacial score (nSPS) is 14.0. The van der Waals surface area contributed by atoms with Crippen LogP contribution in [-0.2, 0) is 20.8 Å². The van der Waals surface area contributed by atoms with Gasteiger partial charge in [0.15, 0.2) is 15.4 Å². The van der Waals surface area contributed by atoms with Gasteiger partial charge in [0, 0.05) is 5.69 Å². The predicted molar refractivity (Wildman–Crippen MR) is 93.9 cm³/mol. The first-order chi connectivity index (χ1) is 12.9. The summed E-state index contributed by atoms with van der Waals surface area (Å²) in [5, 5.41) is 21.1. The Labute approximate surface area is 159 Å². The van der Waals surface area contributed by atoms with E-state index in [9.17, 15) is 31.5 Å². The van der Waals surface area contributed by atoms with Gasteiger partial charge in [-0.1, -0.05) is 18.2 Å². The molecule has 2 rings (SSSR count). The largest absolute Gasteiger partial charge is 0.417 e. The number of nitriles is 1. The number of hydrogen-bond donors (Lipinski definition) is 2. The Morgan fingerprint density at radius 1 is 1.18 bits per heavy atom. The number of alkyl halides is 3. The Morgan fingerprint density at radius 2 is 1.79 bits per heavy atom. The van der Waals surface area contributed by atoms with Gasteiger partial charge in [0.2, 0.25) is 0 Å². The fraction of sp³-hybridized carbons (Fsp3) is 0.222. The highest BCUT2D eigenvalue weighted by Crippen LogP contribution is 2.33. The minimum absolute atomic E-state index is 0.110. The zero-order chi connectivity index (χ0) is 21.2. The number of nitrogens with zero attached hydrogens (tertiary/aromatic N) is 1. The molecular formula is C18H15F3N2O4S. The molecule has 0 aromatic heterocycles. The Morgan fingerprint density at radius 3 is 2.32 bits per heavy atom. The molecule has 2 aromatic rings. The fourth-order valence-corrected chi connectivity index (χ4v) is 3.98. The van der Waals surface area contributed by atoms with Crippen LogP contribution in [0.25, 0.3) is 0 Å². The maximum atomic E-state index is 13.0. The lowest BCUT2D eigenvalue weighted by Crippen LogP contribution is -2.45. The Balaban J connectivity index is 2.25. The van der Waals surface area contributed by atoms with E-state index >= 15 is 0 Å². The minimum atomic E-state index is -4.83. The van der Waals surface area contributed by atoms with Gasteiger partial charge >= 0.3 is 6.18 Å². The van der Waals surface area contributed by atoms with Crippen molar-refractivity contribution in [2.45, 2.75) is 23.6 Å². The molecule has 0 heterocycles. The van der Waals surface area contributed by atoms with Crippen molar-refractivity contribution in [2.75, 3.05) is 11.1 Å². The van der Waals surface area contributed by atoms with E-state index in [-0.39, 0.29) is 10.6 Å². The summed E-state index contributed by atoms with van der Waals surface area (Å²) < 4.78 is 63.7. The van der Waals surface area contributed by atoms with Crippen LogP contribution in [0.2, 0.25) is 0 Å². The number of halogens is 3. The van der Waals surface area contributed by atoms with Gasteiger partial charge in [-0.05, 0) is 37.3 Å². The van der Waals surface area contributed by atoms with E-state index in [4.69, 9.17) is 5.26 Å². The number of sulfone groups is 1. The van der Waals surface area contributed by atoms with Crippen LogP contribution in [0.1, 0.15) is 18.1 Å². The molecule has 0 aliphatic carbocycles. The van der Waals surface area contributed by atoms with Crippen molar-refractivity contribution >= 4 is 21.4 Å². The molecule has 1 amide bonds. The van der Waals surface area contributed by atoms with Gasteiger partial charge in [-0.3, -0.25) is 4.79 Å². The molecule has 148 valence electrons. The Hall–Kier alpha value is -2.90. The van der Waals surface area contributed by atoms with Crippen LogP contribution in [0.3, 0.4) is 0 Å². The molecule has 10 heteroatoms. The SMILES string of the molecule is C[C@](O)(CS(=O)(=O)c1ccccc1)C(=O)Nc1ccc(C#N)c(C(F)(F)F)c1. The molecule has 6 nitrogen and oxygen atoms in total. The van der Waals surface area contributed by atoms with Crippen LogP contribution >= 0.6 is 0 Å². The van der Waals surface area contributed by atoms with E-state index in [1.54, 1.807) is 6.07 Å². The van der Waals surface area contributed by atoms with Crippen LogP contribution in [0.5, 0.6) is 0 Å². The number of amides is 1. The minimum Gasteiger partial charge on any atom is -0.379 e. The van der Waals surface area contributed by atoms with E-state index in [2.05, 4.69) is 5.32 Å². The van der Waals surface area contributed by atoms with E-state index in [0.717, 1.165) is 19.1 Å². The highest BCUT2D eigenvalue weighted by atomic mass is 32.2. The zero-order valence-electron chi connectivity index (χ0n) is 14.5. The molecule has 2 N–H and O–H groups in total. The van der Waals surface area contributed by atoms with Crippen molar-refractivity contribution in [2.24, 2.45) is 0 Å². The highest BCUT2D eigenvalue weighted by molar-refractivity contribution is 7.91. The monoisotopic (exact) mass is 412 g/mol. The number of nitrogens with one attached hydrogen (secondary N) is 1. The third kappa shape index (κ3) is 4.88. The summed E-state index contributed by atoms with van der Waals surface area (Å²) in [4.78, 5) is 12.2. The number of benzene rings is 2. The Kier molecular flexibility index (Phi) is 5.82. The molecule has 1 atom stereocenters. The average molecular weight is 412 g/mol. The van der Waals surface area contributed by atoms with Gasteiger partial charge in [-0.15, -0.1) is 0 Å². The molecular weight excluding hydrogens is 397 g/mol. The molecule has 0 radical (unpaired) electrons. The summed E-state index contributed by atoms with van der Waals surface area (Å²) in [7, 11) is -4.03. The van der Waals surface area contributed by atoms with Crippen molar-refractivity contribution in [1.82, 2.24) is 0 Å². The molecule has 0 spiro atoms. The first-order valence-corrected chi connectivity index (χ1v) is 9.45. The topological polar surface area (TPSA) is 107 Å². The second-order valence-corrected chi connectivity index (χ2v) is 8.16. The smallest absolute Gasteiger partial charge is 0.379 e. The van der Waals surface area contributed by atoms with E-state index in [0.29, 0.717) is 6.07 Å². The molecule has 0 bridgehead atoms. The molecule has 0 saturated carbocycles. The average Bonchev–Trinajstić information content (AvgIpc) is 2.61. The van der Waals surface area contributed by atoms with Crippen LogP contribution in [0.15, 0.2) is 53.4 Å². The van der Waals surface area contributed by atoms with Gasteiger partial charge in [-0.2, -0.15) is 18.4 Å². The van der Waals surface area contributed by atoms with E-state index in [1.807, 2.05) is 0 Å². The fourth-order valence-electron chi connectivity index (χ4n) is 2.37. The quantitative estimate of drug-likeness (QED) is 0.785. The third-order valence-corrected chi connectivity index (χ3v) is 5.70. The molecule has 0 aliphatic heterocycles. The summed E-state index contributed by atoms with van der Waals surface area (Å²) >= 11 is 0. The predicted octanol–water partition coefficient (Wildman–Crippen LogP) is 2.74. The second-order valence-electron chi connectivity index (χ2n) is 6.17. The summed E-state index contributed by atoms with van der Waals surface area (Å²) in [6.07, 6.45) is -4.83. The van der Waals surface area contributed by atoms with Gasteiger partial charge < -0.3 is 10.4 Å². The number of carbonyl (C=O) groups is 1. The van der Waals surface area contributed by atoms with Crippen LogP contribution < -0.4 is 5.32 Å². The second kappa shape index (κ2) is 7.61. The maximum Gasteiger partial charge on any atom is 0.417 e. The maximum absolute atomic E-state index is 13.0. The summed E-state index contributed by atoms with van der Waals surface area (Å²) in [5.41, 5.74) is -4.65. The van der Waals surface area contributed by atoms with Crippen LogP contribution in [-0.4, -0.2) is 30.8 Å². The molecule has 0 unspecified atom stereocenters. The summed E-state index contributed by atoms with van der Waals surface area (Å²) in [6, 6.07) is 11.0. The number of rotatable bonds is 5. The standard InChI is InChI=1S/C18H15F3N2O4S/c1-17(25,11-28(26,27)14-5-3-2-4-6-14)16(24)23-13-8-7-12(10-22)15(9-13)18(19,20)21/h2-9,25H,11H2,1H3,(H,23,24)/t17-/m0/s1. The van der Waals surface area contributed by atoms with E-state index < -0.39 is 44.4 Å². The molecule has 0 fully saturated rings. The van der Waals surface area contributed by atoms with Crippen molar-refractivity contribution in [1.29, 1.82) is 5.26 Å². The third-order valence-electron chi connectivity index (χ3n) is 3.77. The van der Waals surface area contributed by atoms with Gasteiger partial charge in [0.25, 0.3) is 5.91 Å². The van der Waals surface area contributed by atoms with Crippen LogP contribution in [0, 0.1) is 11.3 Å². The van der Waals surface area contributed by atoms with Gasteiger partial charge in [-0.25, -0.2) is 8.42 Å². The number of hydrogen-bond acceptors (Lipinski definition) is 5. The molecule has 0 saturated heterocycles. The number of anilines is 1. The lowest BCUT2D eigenvalue weighted by Gasteiger charge is -2.22. The van der Waals surface area contributed by atoms with Crippen molar-refractivity contribution in [3.05, 3.63) is 59.7 Å². The first kappa shape index (κ1) is 21.4. The summed E-state index contributed by atoms with van der Waals surface area (Å²) in [5.74, 6) is -2.18. The van der Waals surface area contributed by atoms with E-state index in [1.165, 1.54) is 30.3 Å². The lowest BCUT2D eigenvalue weighted by atomic mass is 10.1. The van der Waals surface area contributed by atoms with Crippen molar-refractivity contribution in [3.63, 3.8) is 0 Å². The summed E-state index contributed by atoms with van der Waals surface area (Å²) in [6.45, 7) is 0.942. The van der Waals surface area contributed by atoms with Crippen molar-refractivity contribution in [3.8, 4) is 6.07 Å².